The van der Waals surface area contributed by atoms with Crippen LogP contribution < -0.4 is 11.3 Å². The van der Waals surface area contributed by atoms with E-state index in [1.54, 1.807) is 12.3 Å². The van der Waals surface area contributed by atoms with Gasteiger partial charge in [-0.2, -0.15) is 5.10 Å². The van der Waals surface area contributed by atoms with E-state index in [9.17, 15) is 4.79 Å². The van der Waals surface area contributed by atoms with E-state index < -0.39 is 0 Å². The van der Waals surface area contributed by atoms with Gasteiger partial charge in [0.25, 0.3) is 5.56 Å². The number of benzene rings is 1. The molecule has 0 bridgehead atoms. The molecule has 0 spiro atoms. The van der Waals surface area contributed by atoms with Crippen LogP contribution in [0.15, 0.2) is 41.3 Å². The molecule has 0 amide bonds. The SMILES string of the molecule is Cc1ccc(C(N)Cn2ncc(C)cc2=O)cc1. The van der Waals surface area contributed by atoms with Gasteiger partial charge < -0.3 is 5.73 Å². The highest BCUT2D eigenvalue weighted by atomic mass is 16.1. The number of nitrogens with zero attached hydrogens (tertiary/aromatic N) is 2. The largest absolute Gasteiger partial charge is 0.322 e. The van der Waals surface area contributed by atoms with Gasteiger partial charge in [0.15, 0.2) is 0 Å². The molecular formula is C14H17N3O. The fourth-order valence-corrected chi connectivity index (χ4v) is 1.77. The lowest BCUT2D eigenvalue weighted by atomic mass is 10.1. The molecule has 18 heavy (non-hydrogen) atoms. The van der Waals surface area contributed by atoms with Crippen LogP contribution in [-0.4, -0.2) is 9.78 Å². The minimum absolute atomic E-state index is 0.113. The molecule has 4 nitrogen and oxygen atoms in total. The summed E-state index contributed by atoms with van der Waals surface area (Å²) in [5.41, 5.74) is 9.03. The molecule has 0 fully saturated rings. The van der Waals surface area contributed by atoms with Crippen molar-refractivity contribution in [1.29, 1.82) is 0 Å². The van der Waals surface area contributed by atoms with Gasteiger partial charge in [-0.05, 0) is 25.0 Å². The number of aromatic nitrogens is 2. The van der Waals surface area contributed by atoms with Crippen molar-refractivity contribution < 1.29 is 0 Å². The molecule has 4 heteroatoms. The van der Waals surface area contributed by atoms with E-state index in [1.807, 2.05) is 38.1 Å². The molecule has 2 rings (SSSR count). The molecular weight excluding hydrogens is 226 g/mol. The van der Waals surface area contributed by atoms with Crippen LogP contribution in [-0.2, 0) is 6.54 Å². The van der Waals surface area contributed by atoms with Crippen molar-refractivity contribution in [3.05, 3.63) is 63.6 Å². The molecule has 0 radical (unpaired) electrons. The molecule has 0 aliphatic carbocycles. The van der Waals surface area contributed by atoms with Crippen molar-refractivity contribution in [2.24, 2.45) is 5.73 Å². The zero-order chi connectivity index (χ0) is 13.1. The first-order chi connectivity index (χ1) is 8.56. The highest BCUT2D eigenvalue weighted by Gasteiger charge is 2.08. The standard InChI is InChI=1S/C14H17N3O/c1-10-3-5-12(6-4-10)13(15)9-17-14(18)7-11(2)8-16-17/h3-8,13H,9,15H2,1-2H3. The molecule has 1 atom stereocenters. The molecule has 0 aliphatic rings. The number of aryl methyl sites for hydroxylation is 2. The zero-order valence-electron chi connectivity index (χ0n) is 10.6. The van der Waals surface area contributed by atoms with Gasteiger partial charge in [-0.1, -0.05) is 29.8 Å². The third-order valence-corrected chi connectivity index (χ3v) is 2.88. The summed E-state index contributed by atoms with van der Waals surface area (Å²) in [6.07, 6.45) is 1.67. The maximum Gasteiger partial charge on any atom is 0.267 e. The van der Waals surface area contributed by atoms with Crippen molar-refractivity contribution >= 4 is 0 Å². The summed E-state index contributed by atoms with van der Waals surface area (Å²) >= 11 is 0. The highest BCUT2D eigenvalue weighted by molar-refractivity contribution is 5.23. The van der Waals surface area contributed by atoms with Gasteiger partial charge in [-0.3, -0.25) is 4.79 Å². The lowest BCUT2D eigenvalue weighted by molar-refractivity contribution is 0.502. The van der Waals surface area contributed by atoms with Crippen molar-refractivity contribution in [3.8, 4) is 0 Å². The van der Waals surface area contributed by atoms with Crippen LogP contribution in [0.25, 0.3) is 0 Å². The summed E-state index contributed by atoms with van der Waals surface area (Å²) < 4.78 is 1.40. The second-order valence-corrected chi connectivity index (χ2v) is 4.57. The first kappa shape index (κ1) is 12.5. The first-order valence-corrected chi connectivity index (χ1v) is 5.92. The second kappa shape index (κ2) is 5.14. The van der Waals surface area contributed by atoms with Gasteiger partial charge in [0.1, 0.15) is 0 Å². The van der Waals surface area contributed by atoms with E-state index in [0.29, 0.717) is 6.54 Å². The van der Waals surface area contributed by atoms with Crippen LogP contribution >= 0.6 is 0 Å². The Morgan fingerprint density at radius 1 is 1.22 bits per heavy atom. The Labute approximate surface area is 106 Å². The van der Waals surface area contributed by atoms with E-state index in [0.717, 1.165) is 11.1 Å². The van der Waals surface area contributed by atoms with Gasteiger partial charge in [-0.25, -0.2) is 4.68 Å². The van der Waals surface area contributed by atoms with Crippen LogP contribution in [0.2, 0.25) is 0 Å². The summed E-state index contributed by atoms with van der Waals surface area (Å²) in [5.74, 6) is 0. The van der Waals surface area contributed by atoms with Gasteiger partial charge >= 0.3 is 0 Å². The van der Waals surface area contributed by atoms with Crippen LogP contribution in [0.4, 0.5) is 0 Å². The smallest absolute Gasteiger partial charge is 0.267 e. The quantitative estimate of drug-likeness (QED) is 0.890. The molecule has 1 unspecified atom stereocenters. The van der Waals surface area contributed by atoms with Crippen molar-refractivity contribution in [2.45, 2.75) is 26.4 Å². The number of rotatable bonds is 3. The van der Waals surface area contributed by atoms with Gasteiger partial charge in [0.05, 0.1) is 12.7 Å². The van der Waals surface area contributed by atoms with Gasteiger partial charge in [0, 0.05) is 12.1 Å². The molecule has 0 saturated heterocycles. The topological polar surface area (TPSA) is 60.9 Å². The lowest BCUT2D eigenvalue weighted by Gasteiger charge is -2.13. The van der Waals surface area contributed by atoms with Crippen LogP contribution in [0, 0.1) is 13.8 Å². The third-order valence-electron chi connectivity index (χ3n) is 2.88. The minimum atomic E-state index is -0.224. The molecule has 0 aliphatic heterocycles. The Kier molecular flexibility index (Phi) is 3.58. The van der Waals surface area contributed by atoms with Gasteiger partial charge in [0.2, 0.25) is 0 Å². The summed E-state index contributed by atoms with van der Waals surface area (Å²) in [5, 5.41) is 4.09. The number of hydrogen-bond donors (Lipinski definition) is 1. The first-order valence-electron chi connectivity index (χ1n) is 5.92. The second-order valence-electron chi connectivity index (χ2n) is 4.57. The molecule has 0 saturated carbocycles. The van der Waals surface area contributed by atoms with Crippen molar-refractivity contribution in [1.82, 2.24) is 9.78 Å². The Hall–Kier alpha value is -1.94. The van der Waals surface area contributed by atoms with E-state index in [2.05, 4.69) is 5.10 Å². The molecule has 2 N–H and O–H groups in total. The number of hydrogen-bond acceptors (Lipinski definition) is 3. The van der Waals surface area contributed by atoms with Crippen molar-refractivity contribution in [3.63, 3.8) is 0 Å². The maximum absolute atomic E-state index is 11.7. The van der Waals surface area contributed by atoms with Crippen LogP contribution in [0.3, 0.4) is 0 Å². The molecule has 1 aromatic heterocycles. The summed E-state index contributed by atoms with van der Waals surface area (Å²) in [7, 11) is 0. The van der Waals surface area contributed by atoms with E-state index in [4.69, 9.17) is 5.73 Å². The van der Waals surface area contributed by atoms with Crippen LogP contribution in [0.1, 0.15) is 22.7 Å². The van der Waals surface area contributed by atoms with Crippen molar-refractivity contribution in [2.75, 3.05) is 0 Å². The van der Waals surface area contributed by atoms with Crippen LogP contribution in [0.5, 0.6) is 0 Å². The average molecular weight is 243 g/mol. The Morgan fingerprint density at radius 2 is 1.89 bits per heavy atom. The maximum atomic E-state index is 11.7. The van der Waals surface area contributed by atoms with E-state index >= 15 is 0 Å². The fourth-order valence-electron chi connectivity index (χ4n) is 1.77. The van der Waals surface area contributed by atoms with Gasteiger partial charge in [-0.15, -0.1) is 0 Å². The molecule has 1 aromatic carbocycles. The lowest BCUT2D eigenvalue weighted by Crippen LogP contribution is -2.28. The number of nitrogens with two attached hydrogens (primary N) is 1. The monoisotopic (exact) mass is 243 g/mol. The van der Waals surface area contributed by atoms with E-state index in [-0.39, 0.29) is 11.6 Å². The molecule has 2 aromatic rings. The Bertz CT molecular complexity index is 587. The zero-order valence-corrected chi connectivity index (χ0v) is 10.6. The Morgan fingerprint density at radius 3 is 2.50 bits per heavy atom. The average Bonchev–Trinajstić information content (AvgIpc) is 2.33. The predicted octanol–water partition coefficient (Wildman–Crippen LogP) is 1.56. The summed E-state index contributed by atoms with van der Waals surface area (Å²) in [4.78, 5) is 11.7. The fraction of sp³-hybridized carbons (Fsp3) is 0.286. The highest BCUT2D eigenvalue weighted by Crippen LogP contribution is 2.12. The normalized spacial score (nSPS) is 12.4. The third kappa shape index (κ3) is 2.84. The molecule has 1 heterocycles. The van der Waals surface area contributed by atoms with E-state index in [1.165, 1.54) is 10.2 Å². The minimum Gasteiger partial charge on any atom is -0.322 e. The Balaban J connectivity index is 2.18. The summed E-state index contributed by atoms with van der Waals surface area (Å²) in [6, 6.07) is 9.34. The summed E-state index contributed by atoms with van der Waals surface area (Å²) in [6.45, 7) is 4.27. The molecule has 94 valence electrons. The predicted molar refractivity (Wildman–Crippen MR) is 71.3 cm³/mol.